The highest BCUT2D eigenvalue weighted by Gasteiger charge is 2.26. The normalized spacial score (nSPS) is 15.2. The Morgan fingerprint density at radius 3 is 2.53 bits per heavy atom. The van der Waals surface area contributed by atoms with E-state index in [4.69, 9.17) is 9.84 Å². The molecule has 0 aliphatic carbocycles. The molecule has 1 amide bonds. The van der Waals surface area contributed by atoms with Crippen LogP contribution in [0.5, 0.6) is 0 Å². The zero-order valence-corrected chi connectivity index (χ0v) is 20.0. The minimum absolute atomic E-state index is 0.157. The van der Waals surface area contributed by atoms with E-state index in [1.54, 1.807) is 6.20 Å². The maximum atomic E-state index is 12.5. The first-order valence-corrected chi connectivity index (χ1v) is 12.1. The van der Waals surface area contributed by atoms with E-state index in [1.807, 2.05) is 72.9 Å². The van der Waals surface area contributed by atoms with Crippen molar-refractivity contribution in [1.29, 1.82) is 0 Å². The number of aliphatic imine (C=N–C) groups is 1. The number of pyridine rings is 1. The number of benzene rings is 2. The Labute approximate surface area is 210 Å². The van der Waals surface area contributed by atoms with Gasteiger partial charge in [0.2, 0.25) is 11.8 Å². The fraction of sp³-hybridized carbons (Fsp3) is 0.241. The predicted octanol–water partition coefficient (Wildman–Crippen LogP) is 4.62. The average molecular weight is 484 g/mol. The molecule has 3 aromatic rings. The molecular formula is C29H29N3O4. The van der Waals surface area contributed by atoms with Crippen LogP contribution in [0.15, 0.2) is 90.2 Å². The molecule has 184 valence electrons. The molecule has 2 N–H and O–H groups in total. The van der Waals surface area contributed by atoms with E-state index in [0.29, 0.717) is 18.9 Å². The van der Waals surface area contributed by atoms with Gasteiger partial charge in [0.25, 0.3) is 0 Å². The third-order valence-corrected chi connectivity index (χ3v) is 5.87. The van der Waals surface area contributed by atoms with E-state index >= 15 is 0 Å². The van der Waals surface area contributed by atoms with Crippen LogP contribution in [-0.2, 0) is 20.9 Å². The number of amides is 1. The van der Waals surface area contributed by atoms with Gasteiger partial charge in [-0.1, -0.05) is 54.6 Å². The number of hydrogen-bond donors (Lipinski definition) is 2. The lowest BCUT2D eigenvalue weighted by Gasteiger charge is -2.10. The third-order valence-electron chi connectivity index (χ3n) is 5.87. The number of carbonyl (C=O) groups excluding carboxylic acids is 1. The van der Waals surface area contributed by atoms with Gasteiger partial charge in [0.15, 0.2) is 6.04 Å². The summed E-state index contributed by atoms with van der Waals surface area (Å²) < 4.78 is 5.74. The number of hydrogen-bond acceptors (Lipinski definition) is 5. The van der Waals surface area contributed by atoms with Gasteiger partial charge in [-0.3, -0.25) is 14.6 Å². The van der Waals surface area contributed by atoms with Gasteiger partial charge in [0.05, 0.1) is 0 Å². The monoisotopic (exact) mass is 483 g/mol. The van der Waals surface area contributed by atoms with Crippen molar-refractivity contribution in [2.75, 3.05) is 6.61 Å². The molecule has 0 saturated heterocycles. The molecule has 0 unspecified atom stereocenters. The Hall–Kier alpha value is -4.26. The number of nitrogens with zero attached hydrogens (tertiary/aromatic N) is 2. The Balaban J connectivity index is 1.42. The first kappa shape index (κ1) is 24.9. The van der Waals surface area contributed by atoms with Crippen molar-refractivity contribution < 1.29 is 19.4 Å². The number of allylic oxidation sites excluding steroid dienone is 1. The number of aliphatic carboxylic acids is 1. The van der Waals surface area contributed by atoms with Crippen molar-refractivity contribution in [2.24, 2.45) is 4.99 Å². The molecule has 0 fully saturated rings. The number of nitrogens with one attached hydrogen (secondary N) is 1. The van der Waals surface area contributed by atoms with E-state index < -0.39 is 12.0 Å². The van der Waals surface area contributed by atoms with Crippen LogP contribution in [-0.4, -0.2) is 40.5 Å². The summed E-state index contributed by atoms with van der Waals surface area (Å²) in [7, 11) is 0. The minimum Gasteiger partial charge on any atom is -0.481 e. The fourth-order valence-corrected chi connectivity index (χ4v) is 3.95. The molecule has 36 heavy (non-hydrogen) atoms. The highest BCUT2D eigenvalue weighted by molar-refractivity contribution is 5.98. The minimum atomic E-state index is -0.769. The standard InChI is InChI=1S/C29H29N3O4/c33-27(34)12-6-2-5-11-25(24-10-7-17-30-19-24)22-13-15-23(16-14-22)29-32-26(20-36-29)28(35)31-18-21-8-3-1-4-9-21/h1,3-4,7-11,13-17,19,26H,2,5-6,12,18,20H2,(H,31,35)(H,33,34)/t26-/m0/s1. The second-order valence-corrected chi connectivity index (χ2v) is 8.54. The highest BCUT2D eigenvalue weighted by atomic mass is 16.5. The smallest absolute Gasteiger partial charge is 0.303 e. The maximum Gasteiger partial charge on any atom is 0.303 e. The Morgan fingerprint density at radius 2 is 1.81 bits per heavy atom. The van der Waals surface area contributed by atoms with Crippen LogP contribution in [0.25, 0.3) is 5.57 Å². The van der Waals surface area contributed by atoms with Crippen LogP contribution in [0, 0.1) is 0 Å². The van der Waals surface area contributed by atoms with E-state index in [0.717, 1.165) is 40.7 Å². The van der Waals surface area contributed by atoms with E-state index in [9.17, 15) is 9.59 Å². The largest absolute Gasteiger partial charge is 0.481 e. The quantitative estimate of drug-likeness (QED) is 0.388. The molecule has 0 saturated carbocycles. The molecule has 0 spiro atoms. The molecular weight excluding hydrogens is 454 g/mol. The van der Waals surface area contributed by atoms with Gasteiger partial charge in [-0.15, -0.1) is 0 Å². The summed E-state index contributed by atoms with van der Waals surface area (Å²) in [6.45, 7) is 0.671. The lowest BCUT2D eigenvalue weighted by molar-refractivity contribution is -0.137. The van der Waals surface area contributed by atoms with Gasteiger partial charge >= 0.3 is 5.97 Å². The van der Waals surface area contributed by atoms with Gasteiger partial charge in [0, 0.05) is 36.5 Å². The van der Waals surface area contributed by atoms with Gasteiger partial charge in [-0.2, -0.15) is 0 Å². The second kappa shape index (κ2) is 12.4. The summed E-state index contributed by atoms with van der Waals surface area (Å²) in [4.78, 5) is 32.0. The van der Waals surface area contributed by atoms with Gasteiger partial charge in [0.1, 0.15) is 6.61 Å². The van der Waals surface area contributed by atoms with Crippen LogP contribution >= 0.6 is 0 Å². The topological polar surface area (TPSA) is 101 Å². The highest BCUT2D eigenvalue weighted by Crippen LogP contribution is 2.25. The lowest BCUT2D eigenvalue weighted by atomic mass is 9.96. The number of ether oxygens (including phenoxy) is 1. The first-order chi connectivity index (χ1) is 17.6. The van der Waals surface area contributed by atoms with Gasteiger partial charge < -0.3 is 15.2 Å². The van der Waals surface area contributed by atoms with Crippen LogP contribution in [0.2, 0.25) is 0 Å². The predicted molar refractivity (Wildman–Crippen MR) is 138 cm³/mol. The average Bonchev–Trinajstić information content (AvgIpc) is 3.41. The number of aromatic nitrogens is 1. The molecule has 7 nitrogen and oxygen atoms in total. The zero-order valence-electron chi connectivity index (χ0n) is 20.0. The van der Waals surface area contributed by atoms with E-state index in [-0.39, 0.29) is 18.9 Å². The number of carboxylic acid groups (broad SMARTS) is 1. The van der Waals surface area contributed by atoms with Crippen molar-refractivity contribution >= 4 is 23.3 Å². The maximum absolute atomic E-state index is 12.5. The van der Waals surface area contributed by atoms with Crippen LogP contribution in [0.1, 0.15) is 47.9 Å². The molecule has 0 radical (unpaired) electrons. The van der Waals surface area contributed by atoms with E-state index in [1.165, 1.54) is 0 Å². The summed E-state index contributed by atoms with van der Waals surface area (Å²) in [5.41, 5.74) is 4.89. The third kappa shape index (κ3) is 6.88. The summed E-state index contributed by atoms with van der Waals surface area (Å²) in [6, 6.07) is 21.0. The van der Waals surface area contributed by atoms with Crippen LogP contribution in [0.3, 0.4) is 0 Å². The molecule has 0 bridgehead atoms. The number of rotatable bonds is 11. The summed E-state index contributed by atoms with van der Waals surface area (Å²) >= 11 is 0. The van der Waals surface area contributed by atoms with Crippen molar-refractivity contribution in [3.05, 3.63) is 107 Å². The van der Waals surface area contributed by atoms with Crippen molar-refractivity contribution in [3.63, 3.8) is 0 Å². The Morgan fingerprint density at radius 1 is 1.00 bits per heavy atom. The number of carbonyl (C=O) groups is 2. The fourth-order valence-electron chi connectivity index (χ4n) is 3.95. The number of carboxylic acids is 1. The summed E-state index contributed by atoms with van der Waals surface area (Å²) in [6.07, 6.45) is 8.07. The molecule has 1 atom stereocenters. The van der Waals surface area contributed by atoms with Crippen molar-refractivity contribution in [1.82, 2.24) is 10.3 Å². The van der Waals surface area contributed by atoms with Crippen LogP contribution in [0.4, 0.5) is 0 Å². The van der Waals surface area contributed by atoms with Crippen molar-refractivity contribution in [2.45, 2.75) is 38.3 Å². The molecule has 2 heterocycles. The van der Waals surface area contributed by atoms with Crippen LogP contribution < -0.4 is 5.32 Å². The van der Waals surface area contributed by atoms with E-state index in [2.05, 4.69) is 21.4 Å². The van der Waals surface area contributed by atoms with Gasteiger partial charge in [-0.25, -0.2) is 4.99 Å². The molecule has 1 aliphatic rings. The van der Waals surface area contributed by atoms with Crippen molar-refractivity contribution in [3.8, 4) is 0 Å². The Bertz CT molecular complexity index is 1220. The molecule has 7 heteroatoms. The first-order valence-electron chi connectivity index (χ1n) is 12.1. The Kier molecular flexibility index (Phi) is 8.59. The summed E-state index contributed by atoms with van der Waals surface area (Å²) in [5, 5.41) is 11.8. The van der Waals surface area contributed by atoms with Gasteiger partial charge in [-0.05, 0) is 54.2 Å². The summed E-state index contributed by atoms with van der Waals surface area (Å²) in [5.74, 6) is -0.466. The lowest BCUT2D eigenvalue weighted by Crippen LogP contribution is -2.33. The number of unbranched alkanes of at least 4 members (excludes halogenated alkanes) is 2. The molecule has 4 rings (SSSR count). The zero-order chi connectivity index (χ0) is 25.2. The molecule has 1 aromatic heterocycles. The molecule has 1 aliphatic heterocycles. The SMILES string of the molecule is O=C(O)CCCCC=C(c1ccc(C2=N[C@H](C(=O)NCc3ccccc3)CO2)cc1)c1cccnc1. The molecule has 2 aromatic carbocycles. The second-order valence-electron chi connectivity index (χ2n) is 8.54.